The van der Waals surface area contributed by atoms with Gasteiger partial charge in [-0.25, -0.2) is 13.4 Å². The van der Waals surface area contributed by atoms with Crippen molar-refractivity contribution in [2.45, 2.75) is 31.7 Å². The minimum absolute atomic E-state index is 0.176. The van der Waals surface area contributed by atoms with Crippen LogP contribution in [0.1, 0.15) is 42.2 Å². The minimum atomic E-state index is -2.71. The minimum Gasteiger partial charge on any atom is -0.324 e. The third-order valence-electron chi connectivity index (χ3n) is 5.89. The van der Waals surface area contributed by atoms with E-state index in [2.05, 4.69) is 20.3 Å². The van der Waals surface area contributed by atoms with Crippen LogP contribution in [0, 0.1) is 0 Å². The zero-order valence-corrected chi connectivity index (χ0v) is 19.2. The maximum absolute atomic E-state index is 13.2. The van der Waals surface area contributed by atoms with Gasteiger partial charge in [0.2, 0.25) is 16.8 Å². The van der Waals surface area contributed by atoms with Gasteiger partial charge >= 0.3 is 0 Å². The molecule has 5 rings (SSSR count). The first-order chi connectivity index (χ1) is 16.6. The first-order valence-corrected chi connectivity index (χ1v) is 12.3. The molecule has 2 aromatic carbocycles. The molecule has 0 saturated heterocycles. The van der Waals surface area contributed by atoms with Crippen LogP contribution in [-0.2, 0) is 10.9 Å². The molecule has 0 atom stereocenters. The molecule has 174 valence electrons. The van der Waals surface area contributed by atoms with Gasteiger partial charge in [-0.2, -0.15) is 4.98 Å². The number of nitrogens with zero attached hydrogens (tertiary/aromatic N) is 3. The van der Waals surface area contributed by atoms with Gasteiger partial charge in [-0.15, -0.1) is 0 Å². The Morgan fingerprint density at radius 2 is 1.65 bits per heavy atom. The molecular formula is C24H24N6O3S. The summed E-state index contributed by atoms with van der Waals surface area (Å²) in [5, 5.41) is 6.94. The second-order valence-electron chi connectivity index (χ2n) is 8.20. The highest BCUT2D eigenvalue weighted by Crippen LogP contribution is 2.35. The molecule has 0 unspecified atom stereocenters. The Balaban J connectivity index is 1.47. The van der Waals surface area contributed by atoms with Crippen molar-refractivity contribution in [1.82, 2.24) is 14.5 Å². The molecule has 1 aliphatic carbocycles. The first-order valence-electron chi connectivity index (χ1n) is 11.1. The van der Waals surface area contributed by atoms with Gasteiger partial charge in [0, 0.05) is 34.7 Å². The summed E-state index contributed by atoms with van der Waals surface area (Å²) in [6, 6.07) is 18.2. The number of hydrogen-bond acceptors (Lipinski definition) is 6. The Labute approximate surface area is 198 Å². The second-order valence-corrected chi connectivity index (χ2v) is 8.94. The number of para-hydroxylation sites is 1. The molecule has 1 fully saturated rings. The normalized spacial score (nSPS) is 13.9. The number of hydrogen-bond donors (Lipinski definition) is 4. The van der Waals surface area contributed by atoms with Crippen molar-refractivity contribution in [2.75, 3.05) is 15.4 Å². The summed E-state index contributed by atoms with van der Waals surface area (Å²) >= 11 is 0. The number of fused-ring (bicyclic) bond motifs is 1. The fraction of sp³-hybridized carbons (Fsp3) is 0.208. The second kappa shape index (κ2) is 9.52. The van der Waals surface area contributed by atoms with Crippen molar-refractivity contribution in [2.24, 2.45) is 0 Å². The lowest BCUT2D eigenvalue weighted by molar-refractivity contribution is 0.101. The van der Waals surface area contributed by atoms with Gasteiger partial charge in [-0.1, -0.05) is 31.0 Å². The van der Waals surface area contributed by atoms with Crippen molar-refractivity contribution in [3.63, 3.8) is 0 Å². The summed E-state index contributed by atoms with van der Waals surface area (Å²) in [6.07, 6.45) is 5.95. The Kier molecular flexibility index (Phi) is 6.13. The monoisotopic (exact) mass is 476 g/mol. The molecule has 1 aliphatic rings. The molecule has 9 nitrogen and oxygen atoms in total. The molecule has 0 spiro atoms. The molecule has 1 saturated carbocycles. The molecule has 0 aliphatic heterocycles. The number of carbonyl (C=O) groups excluding carboxylic acids is 1. The molecular weight excluding hydrogens is 452 g/mol. The third-order valence-corrected chi connectivity index (χ3v) is 6.33. The Hall–Kier alpha value is -3.92. The predicted octanol–water partition coefficient (Wildman–Crippen LogP) is 4.48. The molecule has 2 aromatic heterocycles. The van der Waals surface area contributed by atoms with E-state index >= 15 is 0 Å². The van der Waals surface area contributed by atoms with Crippen molar-refractivity contribution in [1.29, 1.82) is 0 Å². The third kappa shape index (κ3) is 4.72. The Morgan fingerprint density at radius 3 is 2.35 bits per heavy atom. The topological polar surface area (TPSA) is 118 Å². The number of carbonyl (C=O) groups is 1. The standard InChI is InChI=1S/C24H24N6O3S/c31-23(26-17-6-2-1-3-7-17)21-14-16-15-25-24(28-22(16)30(21)20-8-4-5-9-20)27-18-10-12-19(13-11-18)29-34(32)33/h1-3,6-7,10-15,20,34H,4-5,8-9H2,(H,26,31)(H,25,27,28)(H,29,32,33). The quantitative estimate of drug-likeness (QED) is 0.292. The number of nitrogens with one attached hydrogen (secondary N) is 3. The first kappa shape index (κ1) is 21.9. The highest BCUT2D eigenvalue weighted by atomic mass is 32.2. The molecule has 1 amide bonds. The van der Waals surface area contributed by atoms with E-state index in [-0.39, 0.29) is 11.9 Å². The molecule has 3 N–H and O–H groups in total. The van der Waals surface area contributed by atoms with Crippen LogP contribution >= 0.6 is 0 Å². The van der Waals surface area contributed by atoms with E-state index < -0.39 is 10.9 Å². The molecule has 2 heterocycles. The summed E-state index contributed by atoms with van der Waals surface area (Å²) in [5.41, 5.74) is 3.21. The zero-order chi connectivity index (χ0) is 23.5. The molecule has 4 aromatic rings. The molecule has 10 heteroatoms. The van der Waals surface area contributed by atoms with E-state index in [1.54, 1.807) is 30.5 Å². The van der Waals surface area contributed by atoms with E-state index in [1.807, 2.05) is 41.0 Å². The van der Waals surface area contributed by atoms with Gasteiger partial charge in [0.1, 0.15) is 11.3 Å². The number of thiol groups is 1. The number of anilines is 4. The van der Waals surface area contributed by atoms with E-state index in [4.69, 9.17) is 4.98 Å². The molecule has 34 heavy (non-hydrogen) atoms. The summed E-state index contributed by atoms with van der Waals surface area (Å²) in [5.74, 6) is 0.223. The lowest BCUT2D eigenvalue weighted by Gasteiger charge is -2.17. The predicted molar refractivity (Wildman–Crippen MR) is 133 cm³/mol. The van der Waals surface area contributed by atoms with Crippen LogP contribution in [0.5, 0.6) is 0 Å². The van der Waals surface area contributed by atoms with Crippen LogP contribution in [0.4, 0.5) is 23.0 Å². The van der Waals surface area contributed by atoms with Crippen molar-refractivity contribution in [3.8, 4) is 0 Å². The fourth-order valence-electron chi connectivity index (χ4n) is 4.35. The Morgan fingerprint density at radius 1 is 0.941 bits per heavy atom. The smallest absolute Gasteiger partial charge is 0.272 e. The summed E-state index contributed by atoms with van der Waals surface area (Å²) in [7, 11) is -2.71. The lowest BCUT2D eigenvalue weighted by Crippen LogP contribution is -2.19. The van der Waals surface area contributed by atoms with Gasteiger partial charge < -0.3 is 15.2 Å². The van der Waals surface area contributed by atoms with Crippen LogP contribution in [0.2, 0.25) is 0 Å². The highest BCUT2D eigenvalue weighted by molar-refractivity contribution is 7.73. The van der Waals surface area contributed by atoms with Crippen LogP contribution in [0.3, 0.4) is 0 Å². The summed E-state index contributed by atoms with van der Waals surface area (Å²) < 4.78 is 26.0. The largest absolute Gasteiger partial charge is 0.324 e. The average Bonchev–Trinajstić information content (AvgIpc) is 3.48. The van der Waals surface area contributed by atoms with Gasteiger partial charge in [-0.3, -0.25) is 9.52 Å². The van der Waals surface area contributed by atoms with Crippen molar-refractivity contribution >= 4 is 50.8 Å². The lowest BCUT2D eigenvalue weighted by atomic mass is 10.2. The van der Waals surface area contributed by atoms with E-state index in [1.165, 1.54) is 0 Å². The Bertz CT molecular complexity index is 1390. The fourth-order valence-corrected chi connectivity index (χ4v) is 4.71. The van der Waals surface area contributed by atoms with Gasteiger partial charge in [0.05, 0.1) is 0 Å². The van der Waals surface area contributed by atoms with Crippen LogP contribution in [0.15, 0.2) is 66.9 Å². The zero-order valence-electron chi connectivity index (χ0n) is 18.3. The number of aromatic nitrogens is 3. The maximum atomic E-state index is 13.2. The van der Waals surface area contributed by atoms with E-state index in [0.717, 1.165) is 36.8 Å². The van der Waals surface area contributed by atoms with Gasteiger partial charge in [-0.05, 0) is 55.3 Å². The molecule has 0 radical (unpaired) electrons. The maximum Gasteiger partial charge on any atom is 0.272 e. The van der Waals surface area contributed by atoms with E-state index in [0.29, 0.717) is 28.7 Å². The van der Waals surface area contributed by atoms with Crippen molar-refractivity contribution in [3.05, 3.63) is 72.6 Å². The number of benzene rings is 2. The van der Waals surface area contributed by atoms with E-state index in [9.17, 15) is 13.2 Å². The van der Waals surface area contributed by atoms with Crippen molar-refractivity contribution < 1.29 is 13.2 Å². The average molecular weight is 477 g/mol. The highest BCUT2D eigenvalue weighted by Gasteiger charge is 2.26. The summed E-state index contributed by atoms with van der Waals surface area (Å²) in [4.78, 5) is 22.4. The van der Waals surface area contributed by atoms with Crippen LogP contribution in [0.25, 0.3) is 11.0 Å². The number of rotatable bonds is 7. The van der Waals surface area contributed by atoms with Crippen LogP contribution < -0.4 is 15.4 Å². The molecule has 0 bridgehead atoms. The van der Waals surface area contributed by atoms with Gasteiger partial charge in [0.15, 0.2) is 0 Å². The number of amides is 1. The van der Waals surface area contributed by atoms with Crippen LogP contribution in [-0.4, -0.2) is 28.9 Å². The SMILES string of the molecule is O=C(Nc1ccccc1)c1cc2cnc(Nc3ccc(N[SH](=O)=O)cc3)nc2n1C1CCCC1. The van der Waals surface area contributed by atoms with Gasteiger partial charge in [0.25, 0.3) is 5.91 Å². The summed E-state index contributed by atoms with van der Waals surface area (Å²) in [6.45, 7) is 0.